The number of ketones is 1. The van der Waals surface area contributed by atoms with Gasteiger partial charge in [0.1, 0.15) is 17.6 Å². The second-order valence-electron chi connectivity index (χ2n) is 6.14. The molecule has 0 fully saturated rings. The van der Waals surface area contributed by atoms with Crippen molar-refractivity contribution in [3.05, 3.63) is 81.8 Å². The molecular formula is C19H13ClFN5O3. The normalized spacial score (nSPS) is 15.5. The highest BCUT2D eigenvalue weighted by Gasteiger charge is 2.38. The number of methoxy groups -OCH3 is 1. The van der Waals surface area contributed by atoms with Gasteiger partial charge in [0, 0.05) is 10.6 Å². The maximum atomic E-state index is 13.5. The molecule has 10 heteroatoms. The fraction of sp³-hybridized carbons (Fsp3) is 0.105. The number of allylic oxidation sites excluding steroid dienone is 1. The van der Waals surface area contributed by atoms with E-state index >= 15 is 0 Å². The summed E-state index contributed by atoms with van der Waals surface area (Å²) in [5.74, 6) is -1.51. The predicted octanol–water partition coefficient (Wildman–Crippen LogP) is 2.79. The lowest BCUT2D eigenvalue weighted by Crippen LogP contribution is -2.32. The van der Waals surface area contributed by atoms with Crippen molar-refractivity contribution in [3.63, 3.8) is 0 Å². The Hall–Kier alpha value is -3.59. The number of nitrogens with zero attached hydrogens (tertiary/aromatic N) is 4. The Balaban J connectivity index is 1.94. The average Bonchev–Trinajstić information content (AvgIpc) is 3.21. The minimum absolute atomic E-state index is 0.0607. The first-order chi connectivity index (χ1) is 14.0. The molecule has 0 spiro atoms. The highest BCUT2D eigenvalue weighted by atomic mass is 35.5. The third-order valence-corrected chi connectivity index (χ3v) is 4.70. The summed E-state index contributed by atoms with van der Waals surface area (Å²) in [4.78, 5) is 25.9. The molecule has 4 rings (SSSR count). The minimum atomic E-state index is -0.876. The minimum Gasteiger partial charge on any atom is -0.464 e. The van der Waals surface area contributed by atoms with Crippen LogP contribution in [-0.4, -0.2) is 39.1 Å². The lowest BCUT2D eigenvalue weighted by atomic mass is 9.89. The molecule has 0 bridgehead atoms. The van der Waals surface area contributed by atoms with E-state index in [1.54, 1.807) is 24.3 Å². The molecule has 0 saturated heterocycles. The standard InChI is InChI=1S/C19H13ClFN5O3/c1-29-18(28)15-14(17(27)11-2-6-12(20)7-3-11)16(10-4-8-13(21)9-5-10)26-19(22-15)23-24-25-26/h2-9,16H,1H3,(H,22,23,25)/t16-/m0/s1. The number of anilines is 1. The third-order valence-electron chi connectivity index (χ3n) is 4.44. The van der Waals surface area contributed by atoms with Gasteiger partial charge in [-0.25, -0.2) is 9.18 Å². The van der Waals surface area contributed by atoms with Crippen LogP contribution in [0.25, 0.3) is 0 Å². The summed E-state index contributed by atoms with van der Waals surface area (Å²) < 4.78 is 19.7. The van der Waals surface area contributed by atoms with Crippen LogP contribution in [0.4, 0.5) is 10.3 Å². The van der Waals surface area contributed by atoms with E-state index < -0.39 is 23.6 Å². The summed E-state index contributed by atoms with van der Waals surface area (Å²) in [6, 6.07) is 10.9. The fourth-order valence-electron chi connectivity index (χ4n) is 3.10. The number of halogens is 2. The molecule has 1 N–H and O–H groups in total. The Labute approximate surface area is 168 Å². The van der Waals surface area contributed by atoms with Gasteiger partial charge in [-0.15, -0.1) is 0 Å². The van der Waals surface area contributed by atoms with E-state index in [9.17, 15) is 14.0 Å². The van der Waals surface area contributed by atoms with Crippen molar-refractivity contribution in [1.82, 2.24) is 20.2 Å². The average molecular weight is 414 g/mol. The van der Waals surface area contributed by atoms with Crippen molar-refractivity contribution in [2.24, 2.45) is 0 Å². The number of aromatic nitrogens is 4. The number of esters is 1. The van der Waals surface area contributed by atoms with Crippen molar-refractivity contribution in [3.8, 4) is 0 Å². The summed E-state index contributed by atoms with van der Waals surface area (Å²) in [5, 5.41) is 14.6. The second kappa shape index (κ2) is 7.44. The van der Waals surface area contributed by atoms with Crippen LogP contribution in [0.15, 0.2) is 59.8 Å². The van der Waals surface area contributed by atoms with Crippen molar-refractivity contribution in [1.29, 1.82) is 0 Å². The van der Waals surface area contributed by atoms with Gasteiger partial charge in [0.2, 0.25) is 5.95 Å². The largest absolute Gasteiger partial charge is 0.464 e. The Bertz CT molecular complexity index is 1130. The molecule has 8 nitrogen and oxygen atoms in total. The summed E-state index contributed by atoms with van der Waals surface area (Å²) in [7, 11) is 1.20. The number of nitrogens with one attached hydrogen (secondary N) is 1. The maximum absolute atomic E-state index is 13.5. The maximum Gasteiger partial charge on any atom is 0.355 e. The zero-order valence-electron chi connectivity index (χ0n) is 15.0. The number of fused-ring (bicyclic) bond motifs is 1. The first-order valence-corrected chi connectivity index (χ1v) is 8.80. The van der Waals surface area contributed by atoms with E-state index in [1.807, 2.05) is 0 Å². The SMILES string of the molecule is COC(=O)C1=C(C(=O)c2ccc(Cl)cc2)[C@H](c2ccc(F)cc2)n2nnnc2N1. The molecule has 0 saturated carbocycles. The number of Topliss-reactive ketones (excluding diaryl/α,β-unsaturated/α-hetero) is 1. The molecule has 2 heterocycles. The first kappa shape index (κ1) is 18.8. The predicted molar refractivity (Wildman–Crippen MR) is 101 cm³/mol. The van der Waals surface area contributed by atoms with E-state index in [2.05, 4.69) is 20.8 Å². The van der Waals surface area contributed by atoms with Crippen LogP contribution in [0, 0.1) is 5.82 Å². The van der Waals surface area contributed by atoms with Crippen LogP contribution < -0.4 is 5.32 Å². The number of benzene rings is 2. The molecule has 0 unspecified atom stereocenters. The molecule has 1 aromatic heterocycles. The molecule has 1 aliphatic rings. The Kier molecular flexibility index (Phi) is 4.81. The monoisotopic (exact) mass is 413 g/mol. The fourth-order valence-corrected chi connectivity index (χ4v) is 3.22. The summed E-state index contributed by atoms with van der Waals surface area (Å²) in [6.45, 7) is 0. The van der Waals surface area contributed by atoms with Crippen LogP contribution in [0.1, 0.15) is 22.0 Å². The van der Waals surface area contributed by atoms with E-state index in [1.165, 1.54) is 36.1 Å². The van der Waals surface area contributed by atoms with E-state index in [4.69, 9.17) is 16.3 Å². The van der Waals surface area contributed by atoms with E-state index in [-0.39, 0.29) is 17.2 Å². The molecule has 146 valence electrons. The quantitative estimate of drug-likeness (QED) is 0.518. The molecule has 0 amide bonds. The van der Waals surface area contributed by atoms with Crippen molar-refractivity contribution in [2.75, 3.05) is 12.4 Å². The molecule has 3 aromatic rings. The van der Waals surface area contributed by atoms with Crippen LogP contribution in [-0.2, 0) is 9.53 Å². The lowest BCUT2D eigenvalue weighted by molar-refractivity contribution is -0.136. The molecule has 0 aliphatic carbocycles. The zero-order valence-corrected chi connectivity index (χ0v) is 15.7. The molecule has 1 atom stereocenters. The van der Waals surface area contributed by atoms with Gasteiger partial charge in [-0.05, 0) is 52.4 Å². The highest BCUT2D eigenvalue weighted by molar-refractivity contribution is 6.30. The van der Waals surface area contributed by atoms with E-state index in [0.717, 1.165) is 0 Å². The summed E-state index contributed by atoms with van der Waals surface area (Å²) in [5.41, 5.74) is 0.783. The van der Waals surface area contributed by atoms with Crippen LogP contribution >= 0.6 is 11.6 Å². The van der Waals surface area contributed by atoms with Gasteiger partial charge in [-0.1, -0.05) is 28.8 Å². The van der Waals surface area contributed by atoms with Gasteiger partial charge in [0.15, 0.2) is 5.78 Å². The number of rotatable bonds is 4. The number of hydrogen-bond donors (Lipinski definition) is 1. The van der Waals surface area contributed by atoms with Crippen molar-refractivity contribution >= 4 is 29.3 Å². The first-order valence-electron chi connectivity index (χ1n) is 8.42. The number of hydrogen-bond acceptors (Lipinski definition) is 7. The topological polar surface area (TPSA) is 99.0 Å². The summed E-state index contributed by atoms with van der Waals surface area (Å²) in [6.07, 6.45) is 0. The van der Waals surface area contributed by atoms with E-state index in [0.29, 0.717) is 16.1 Å². The van der Waals surface area contributed by atoms with Crippen molar-refractivity contribution in [2.45, 2.75) is 6.04 Å². The summed E-state index contributed by atoms with van der Waals surface area (Å²) >= 11 is 5.92. The van der Waals surface area contributed by atoms with Crippen LogP contribution in [0.2, 0.25) is 5.02 Å². The number of carbonyl (C=O) groups is 2. The third kappa shape index (κ3) is 3.36. The zero-order chi connectivity index (χ0) is 20.5. The van der Waals surface area contributed by atoms with Gasteiger partial charge in [0.05, 0.1) is 12.7 Å². The number of tetrazole rings is 1. The number of carbonyl (C=O) groups excluding carboxylic acids is 2. The van der Waals surface area contributed by atoms with Gasteiger partial charge in [-0.3, -0.25) is 4.79 Å². The van der Waals surface area contributed by atoms with Crippen LogP contribution in [0.3, 0.4) is 0 Å². The van der Waals surface area contributed by atoms with Crippen molar-refractivity contribution < 1.29 is 18.7 Å². The van der Waals surface area contributed by atoms with Gasteiger partial charge < -0.3 is 10.1 Å². The number of ether oxygens (including phenoxy) is 1. The smallest absolute Gasteiger partial charge is 0.355 e. The Morgan fingerprint density at radius 1 is 1.14 bits per heavy atom. The molecule has 0 radical (unpaired) electrons. The second-order valence-corrected chi connectivity index (χ2v) is 6.58. The van der Waals surface area contributed by atoms with Gasteiger partial charge >= 0.3 is 5.97 Å². The van der Waals surface area contributed by atoms with Gasteiger partial charge in [-0.2, -0.15) is 4.68 Å². The Morgan fingerprint density at radius 3 is 2.48 bits per heavy atom. The Morgan fingerprint density at radius 2 is 1.83 bits per heavy atom. The van der Waals surface area contributed by atoms with Crippen LogP contribution in [0.5, 0.6) is 0 Å². The molecule has 29 heavy (non-hydrogen) atoms. The lowest BCUT2D eigenvalue weighted by Gasteiger charge is -2.28. The highest BCUT2D eigenvalue weighted by Crippen LogP contribution is 2.36. The molecule has 1 aliphatic heterocycles. The van der Waals surface area contributed by atoms with Gasteiger partial charge in [0.25, 0.3) is 0 Å². The molecule has 2 aromatic carbocycles. The molecular weight excluding hydrogens is 401 g/mol.